The lowest BCUT2D eigenvalue weighted by Crippen LogP contribution is -2.14. The molecule has 0 spiro atoms. The zero-order chi connectivity index (χ0) is 23.3. The fourth-order valence-electron chi connectivity index (χ4n) is 3.29. The van der Waals surface area contributed by atoms with Crippen LogP contribution in [-0.4, -0.2) is 26.8 Å². The van der Waals surface area contributed by atoms with Crippen molar-refractivity contribution in [3.05, 3.63) is 77.1 Å². The molecule has 3 rings (SSSR count). The summed E-state index contributed by atoms with van der Waals surface area (Å²) in [4.78, 5) is 11.2. The summed E-state index contributed by atoms with van der Waals surface area (Å²) in [6.45, 7) is 1.33. The van der Waals surface area contributed by atoms with Gasteiger partial charge in [-0.1, -0.05) is 12.1 Å². The van der Waals surface area contributed by atoms with Crippen molar-refractivity contribution in [3.63, 3.8) is 0 Å². The van der Waals surface area contributed by atoms with Gasteiger partial charge >= 0.3 is 5.97 Å². The van der Waals surface area contributed by atoms with Crippen molar-refractivity contribution < 1.29 is 32.2 Å². The first-order valence-corrected chi connectivity index (χ1v) is 9.69. The van der Waals surface area contributed by atoms with Crippen LogP contribution in [0.2, 0.25) is 0 Å². The Morgan fingerprint density at radius 3 is 2.47 bits per heavy atom. The fourth-order valence-corrected chi connectivity index (χ4v) is 3.29. The quantitative estimate of drug-likeness (QED) is 0.480. The van der Waals surface area contributed by atoms with Crippen LogP contribution in [0.25, 0.3) is 11.1 Å². The molecule has 0 heterocycles. The molecule has 8 heteroatoms. The van der Waals surface area contributed by atoms with Crippen LogP contribution < -0.4 is 14.8 Å². The van der Waals surface area contributed by atoms with Crippen LogP contribution in [0.3, 0.4) is 0 Å². The highest BCUT2D eigenvalue weighted by atomic mass is 19.1. The van der Waals surface area contributed by atoms with E-state index in [9.17, 15) is 18.0 Å². The third kappa shape index (κ3) is 5.14. The van der Waals surface area contributed by atoms with Crippen LogP contribution in [0, 0.1) is 24.4 Å². The van der Waals surface area contributed by atoms with E-state index >= 15 is 0 Å². The molecular weight excluding hydrogens is 423 g/mol. The third-order valence-electron chi connectivity index (χ3n) is 4.80. The van der Waals surface area contributed by atoms with Crippen LogP contribution in [-0.2, 0) is 16.1 Å². The van der Waals surface area contributed by atoms with Crippen molar-refractivity contribution in [3.8, 4) is 22.6 Å². The molecule has 0 saturated carbocycles. The van der Waals surface area contributed by atoms with Crippen LogP contribution in [0.5, 0.6) is 11.5 Å². The van der Waals surface area contributed by atoms with Gasteiger partial charge in [0.2, 0.25) is 0 Å². The summed E-state index contributed by atoms with van der Waals surface area (Å²) < 4.78 is 57.8. The van der Waals surface area contributed by atoms with Crippen molar-refractivity contribution in [1.29, 1.82) is 0 Å². The molecule has 1 N–H and O–H groups in total. The molecule has 0 aromatic heterocycles. The molecule has 0 saturated heterocycles. The predicted molar refractivity (Wildman–Crippen MR) is 114 cm³/mol. The Hall–Kier alpha value is -3.68. The smallest absolute Gasteiger partial charge is 0.343 e. The van der Waals surface area contributed by atoms with E-state index in [-0.39, 0.29) is 18.1 Å². The second-order valence-electron chi connectivity index (χ2n) is 6.95. The zero-order valence-electron chi connectivity index (χ0n) is 17.8. The lowest BCUT2D eigenvalue weighted by molar-refractivity contribution is -0.142. The average molecular weight is 445 g/mol. The highest BCUT2D eigenvalue weighted by molar-refractivity contribution is 5.71. The Labute approximate surface area is 183 Å². The monoisotopic (exact) mass is 445 g/mol. The maximum atomic E-state index is 14.8. The van der Waals surface area contributed by atoms with Crippen molar-refractivity contribution in [2.45, 2.75) is 13.5 Å². The largest absolute Gasteiger partial charge is 0.496 e. The van der Waals surface area contributed by atoms with E-state index in [1.54, 1.807) is 18.2 Å². The van der Waals surface area contributed by atoms with Gasteiger partial charge in [-0.15, -0.1) is 0 Å². The summed E-state index contributed by atoms with van der Waals surface area (Å²) >= 11 is 0. The van der Waals surface area contributed by atoms with E-state index in [0.29, 0.717) is 16.9 Å². The SMILES string of the molecule is COC(=O)COc1ccc(F)c(NCc2cc(-c3cccc(F)c3)cc(C)c2OC)c1F. The molecule has 3 aromatic rings. The number of halogens is 3. The minimum absolute atomic E-state index is 0.0153. The topological polar surface area (TPSA) is 56.8 Å². The van der Waals surface area contributed by atoms with Gasteiger partial charge in [0.1, 0.15) is 23.1 Å². The van der Waals surface area contributed by atoms with E-state index in [4.69, 9.17) is 9.47 Å². The number of ether oxygens (including phenoxy) is 3. The second kappa shape index (κ2) is 10.1. The number of hydrogen-bond acceptors (Lipinski definition) is 5. The maximum Gasteiger partial charge on any atom is 0.343 e. The minimum atomic E-state index is -0.981. The van der Waals surface area contributed by atoms with Gasteiger partial charge in [0.05, 0.1) is 14.2 Å². The molecule has 0 aliphatic heterocycles. The lowest BCUT2D eigenvalue weighted by atomic mass is 9.99. The summed E-state index contributed by atoms with van der Waals surface area (Å²) in [5.74, 6) is -2.63. The number of benzene rings is 3. The number of nitrogens with one attached hydrogen (secondary N) is 1. The summed E-state index contributed by atoms with van der Waals surface area (Å²) in [5, 5.41) is 2.73. The van der Waals surface area contributed by atoms with Crippen LogP contribution in [0.1, 0.15) is 11.1 Å². The van der Waals surface area contributed by atoms with Gasteiger partial charge in [0.25, 0.3) is 0 Å². The molecule has 168 valence electrons. The number of carbonyl (C=O) groups is 1. The number of carbonyl (C=O) groups excluding carboxylic acids is 1. The summed E-state index contributed by atoms with van der Waals surface area (Å²) in [6, 6.07) is 11.9. The summed E-state index contributed by atoms with van der Waals surface area (Å²) in [7, 11) is 2.67. The number of aryl methyl sites for hydroxylation is 1. The number of anilines is 1. The second-order valence-corrected chi connectivity index (χ2v) is 6.95. The van der Waals surface area contributed by atoms with Crippen LogP contribution in [0.4, 0.5) is 18.9 Å². The normalized spacial score (nSPS) is 10.6. The molecule has 0 radical (unpaired) electrons. The first kappa shape index (κ1) is 23.0. The van der Waals surface area contributed by atoms with E-state index in [2.05, 4.69) is 10.1 Å². The van der Waals surface area contributed by atoms with Crippen molar-refractivity contribution >= 4 is 11.7 Å². The standard InChI is InChI=1S/C24H22F3NO4/c1-14-9-16(15-5-4-6-18(25)11-15)10-17(24(14)31-3)12-28-23-19(26)7-8-20(22(23)27)32-13-21(29)30-2/h4-11,28H,12-13H2,1-3H3. The fraction of sp³-hybridized carbons (Fsp3) is 0.208. The molecule has 0 aliphatic rings. The van der Waals surface area contributed by atoms with Crippen molar-refractivity contribution in [1.82, 2.24) is 0 Å². The molecule has 0 aliphatic carbocycles. The molecule has 5 nitrogen and oxygen atoms in total. The lowest BCUT2D eigenvalue weighted by Gasteiger charge is -2.17. The molecule has 0 unspecified atom stereocenters. The van der Waals surface area contributed by atoms with Gasteiger partial charge in [-0.25, -0.2) is 18.0 Å². The first-order valence-electron chi connectivity index (χ1n) is 9.69. The summed E-state index contributed by atoms with van der Waals surface area (Å²) in [5.41, 5.74) is 2.38. The number of esters is 1. The molecule has 0 atom stereocenters. The predicted octanol–water partition coefficient (Wildman–Crippen LogP) is 5.25. The molecular formula is C24H22F3NO4. The van der Waals surface area contributed by atoms with E-state index in [1.807, 2.05) is 13.0 Å². The molecule has 32 heavy (non-hydrogen) atoms. The average Bonchev–Trinajstić information content (AvgIpc) is 2.78. The Bertz CT molecular complexity index is 1130. The molecule has 3 aromatic carbocycles. The van der Waals surface area contributed by atoms with E-state index in [1.165, 1.54) is 26.4 Å². The molecule has 0 fully saturated rings. The van der Waals surface area contributed by atoms with Gasteiger partial charge in [0, 0.05) is 12.1 Å². The maximum absolute atomic E-state index is 14.8. The molecule has 0 bridgehead atoms. The Morgan fingerprint density at radius 2 is 1.78 bits per heavy atom. The first-order chi connectivity index (χ1) is 15.3. The third-order valence-corrected chi connectivity index (χ3v) is 4.80. The Kier molecular flexibility index (Phi) is 7.25. The van der Waals surface area contributed by atoms with Crippen molar-refractivity contribution in [2.24, 2.45) is 0 Å². The minimum Gasteiger partial charge on any atom is -0.496 e. The number of methoxy groups -OCH3 is 2. The van der Waals surface area contributed by atoms with E-state index in [0.717, 1.165) is 23.3 Å². The number of rotatable bonds is 8. The Morgan fingerprint density at radius 1 is 1.00 bits per heavy atom. The van der Waals surface area contributed by atoms with Crippen LogP contribution >= 0.6 is 0 Å². The van der Waals surface area contributed by atoms with Crippen LogP contribution in [0.15, 0.2) is 48.5 Å². The summed E-state index contributed by atoms with van der Waals surface area (Å²) in [6.07, 6.45) is 0. The van der Waals surface area contributed by atoms with Gasteiger partial charge in [-0.05, 0) is 60.0 Å². The Balaban J connectivity index is 1.90. The van der Waals surface area contributed by atoms with Gasteiger partial charge in [-0.3, -0.25) is 0 Å². The van der Waals surface area contributed by atoms with Gasteiger partial charge in [-0.2, -0.15) is 0 Å². The molecule has 0 amide bonds. The van der Waals surface area contributed by atoms with Crippen molar-refractivity contribution in [2.75, 3.05) is 26.1 Å². The number of hydrogen-bond donors (Lipinski definition) is 1. The van der Waals surface area contributed by atoms with E-state index < -0.39 is 29.9 Å². The highest BCUT2D eigenvalue weighted by Crippen LogP contribution is 2.33. The zero-order valence-corrected chi connectivity index (χ0v) is 17.8. The van der Waals surface area contributed by atoms with Gasteiger partial charge in [0.15, 0.2) is 18.2 Å². The van der Waals surface area contributed by atoms with Gasteiger partial charge < -0.3 is 19.5 Å². The highest BCUT2D eigenvalue weighted by Gasteiger charge is 2.17.